The van der Waals surface area contributed by atoms with Crippen molar-refractivity contribution in [2.75, 3.05) is 0 Å². The Balaban J connectivity index is 1.86. The zero-order valence-electron chi connectivity index (χ0n) is 11.2. The highest BCUT2D eigenvalue weighted by Gasteiger charge is 2.43. The van der Waals surface area contributed by atoms with Gasteiger partial charge in [-0.1, -0.05) is 0 Å². The average molecular weight is 338 g/mol. The molecule has 0 atom stereocenters. The van der Waals surface area contributed by atoms with Gasteiger partial charge >= 0.3 is 0 Å². The van der Waals surface area contributed by atoms with Gasteiger partial charge in [-0.05, 0) is 38.5 Å². The summed E-state index contributed by atoms with van der Waals surface area (Å²) in [7, 11) is -1.88. The third-order valence-corrected chi connectivity index (χ3v) is 6.21. The first-order chi connectivity index (χ1) is 9.28. The number of nitrogens with one attached hydrogen (secondary N) is 1. The van der Waals surface area contributed by atoms with Crippen LogP contribution in [-0.2, 0) is 29.9 Å². The maximum atomic E-state index is 12.5. The zero-order valence-corrected chi connectivity index (χ0v) is 13.5. The molecule has 0 aromatic carbocycles. The molecule has 0 saturated heterocycles. The summed E-state index contributed by atoms with van der Waals surface area (Å²) in [6.45, 7) is 0. The first kappa shape index (κ1) is 14.6. The number of aryl methyl sites for hydroxylation is 2. The Morgan fingerprint density at radius 1 is 1.30 bits per heavy atom. The van der Waals surface area contributed by atoms with Crippen molar-refractivity contribution >= 4 is 33.2 Å². The Bertz CT molecular complexity index is 631. The van der Waals surface area contributed by atoms with Crippen LogP contribution in [0.2, 0.25) is 0 Å². The number of aromatic nitrogens is 2. The smallest absolute Gasteiger partial charge is 0.256 e. The molecule has 8 heteroatoms. The van der Waals surface area contributed by atoms with Gasteiger partial charge in [0, 0.05) is 18.7 Å². The standard InChI is InChI=1S/C12H17Cl2N3O2S/c1-17-11(9-4-2-3-5-10(9)15-17)20(18,19)16-8-6-12(13,14)7-8/h8,16H,2-7H2,1H3. The summed E-state index contributed by atoms with van der Waals surface area (Å²) in [5.74, 6) is 0. The lowest BCUT2D eigenvalue weighted by atomic mass is 9.93. The van der Waals surface area contributed by atoms with Crippen molar-refractivity contribution in [1.29, 1.82) is 0 Å². The lowest BCUT2D eigenvalue weighted by Crippen LogP contribution is -2.49. The van der Waals surface area contributed by atoms with Crippen molar-refractivity contribution < 1.29 is 8.42 Å². The van der Waals surface area contributed by atoms with Crippen LogP contribution in [0.25, 0.3) is 0 Å². The molecule has 0 amide bonds. The average Bonchev–Trinajstić information content (AvgIpc) is 2.62. The Morgan fingerprint density at radius 3 is 2.60 bits per heavy atom. The number of nitrogens with zero attached hydrogens (tertiary/aromatic N) is 2. The Hall–Kier alpha value is -0.300. The van der Waals surface area contributed by atoms with Crippen molar-refractivity contribution in [3.05, 3.63) is 11.3 Å². The first-order valence-corrected chi connectivity index (χ1v) is 8.97. The van der Waals surface area contributed by atoms with Crippen molar-refractivity contribution in [2.45, 2.75) is 53.9 Å². The lowest BCUT2D eigenvalue weighted by Gasteiger charge is -2.38. The molecule has 1 N–H and O–H groups in total. The predicted octanol–water partition coefficient (Wildman–Crippen LogP) is 1.91. The van der Waals surface area contributed by atoms with Crippen LogP contribution in [0.3, 0.4) is 0 Å². The molecule has 0 bridgehead atoms. The van der Waals surface area contributed by atoms with Crippen LogP contribution in [0.4, 0.5) is 0 Å². The van der Waals surface area contributed by atoms with E-state index >= 15 is 0 Å². The van der Waals surface area contributed by atoms with Gasteiger partial charge in [-0.2, -0.15) is 5.10 Å². The summed E-state index contributed by atoms with van der Waals surface area (Å²) in [6.07, 6.45) is 4.59. The largest absolute Gasteiger partial charge is 0.258 e. The van der Waals surface area contributed by atoms with Crippen LogP contribution in [0.1, 0.15) is 36.9 Å². The molecule has 0 aliphatic heterocycles. The number of sulfonamides is 1. The van der Waals surface area contributed by atoms with E-state index in [2.05, 4.69) is 9.82 Å². The van der Waals surface area contributed by atoms with E-state index in [9.17, 15) is 8.42 Å². The van der Waals surface area contributed by atoms with Crippen LogP contribution in [0.5, 0.6) is 0 Å². The van der Waals surface area contributed by atoms with E-state index in [4.69, 9.17) is 23.2 Å². The fourth-order valence-electron chi connectivity index (χ4n) is 3.01. The van der Waals surface area contributed by atoms with Gasteiger partial charge in [0.1, 0.15) is 4.33 Å². The maximum absolute atomic E-state index is 12.5. The molecule has 0 radical (unpaired) electrons. The fraction of sp³-hybridized carbons (Fsp3) is 0.750. The van der Waals surface area contributed by atoms with Crippen molar-refractivity contribution in [2.24, 2.45) is 7.05 Å². The molecule has 1 saturated carbocycles. The number of hydrogen-bond donors (Lipinski definition) is 1. The highest BCUT2D eigenvalue weighted by atomic mass is 35.5. The predicted molar refractivity (Wildman–Crippen MR) is 77.6 cm³/mol. The molecule has 1 heterocycles. The van der Waals surface area contributed by atoms with E-state index in [1.807, 2.05) is 0 Å². The molecule has 1 fully saturated rings. The minimum atomic E-state index is -3.57. The second kappa shape index (κ2) is 4.87. The fourth-order valence-corrected chi connectivity index (χ4v) is 5.40. The van der Waals surface area contributed by atoms with Crippen LogP contribution < -0.4 is 4.72 Å². The molecule has 112 valence electrons. The number of alkyl halides is 2. The van der Waals surface area contributed by atoms with Gasteiger partial charge in [-0.15, -0.1) is 23.2 Å². The molecule has 0 spiro atoms. The molecule has 3 rings (SSSR count). The highest BCUT2D eigenvalue weighted by molar-refractivity contribution is 7.89. The van der Waals surface area contributed by atoms with Crippen molar-refractivity contribution in [3.63, 3.8) is 0 Å². The molecule has 1 aromatic rings. The topological polar surface area (TPSA) is 64.0 Å². The van der Waals surface area contributed by atoms with Gasteiger partial charge in [0.15, 0.2) is 5.03 Å². The second-order valence-corrected chi connectivity index (χ2v) is 8.91. The van der Waals surface area contributed by atoms with Gasteiger partial charge in [-0.25, -0.2) is 13.1 Å². The summed E-state index contributed by atoms with van der Waals surface area (Å²) in [6, 6.07) is -0.191. The van der Waals surface area contributed by atoms with E-state index in [1.54, 1.807) is 7.05 Å². The lowest BCUT2D eigenvalue weighted by molar-refractivity contribution is 0.357. The molecule has 20 heavy (non-hydrogen) atoms. The van der Waals surface area contributed by atoms with Crippen LogP contribution in [-0.4, -0.2) is 28.6 Å². The van der Waals surface area contributed by atoms with E-state index in [1.165, 1.54) is 4.68 Å². The Morgan fingerprint density at radius 2 is 1.95 bits per heavy atom. The minimum absolute atomic E-state index is 0.191. The third-order valence-electron chi connectivity index (χ3n) is 3.93. The van der Waals surface area contributed by atoms with Crippen molar-refractivity contribution in [3.8, 4) is 0 Å². The van der Waals surface area contributed by atoms with E-state index in [0.29, 0.717) is 17.9 Å². The quantitative estimate of drug-likeness (QED) is 0.857. The monoisotopic (exact) mass is 337 g/mol. The van der Waals surface area contributed by atoms with Gasteiger partial charge in [0.05, 0.1) is 5.69 Å². The number of hydrogen-bond acceptors (Lipinski definition) is 3. The van der Waals surface area contributed by atoms with Gasteiger partial charge in [-0.3, -0.25) is 4.68 Å². The Labute approximate surface area is 128 Å². The first-order valence-electron chi connectivity index (χ1n) is 6.73. The highest BCUT2D eigenvalue weighted by Crippen LogP contribution is 2.42. The summed E-state index contributed by atoms with van der Waals surface area (Å²) >= 11 is 11.8. The van der Waals surface area contributed by atoms with Gasteiger partial charge in [0.2, 0.25) is 0 Å². The minimum Gasteiger partial charge on any atom is -0.256 e. The summed E-state index contributed by atoms with van der Waals surface area (Å²) < 4.78 is 28.5. The van der Waals surface area contributed by atoms with Gasteiger partial charge < -0.3 is 0 Å². The molecule has 2 aliphatic carbocycles. The van der Waals surface area contributed by atoms with Crippen LogP contribution in [0, 0.1) is 0 Å². The normalized spacial score (nSPS) is 22.4. The zero-order chi connectivity index (χ0) is 14.5. The van der Waals surface area contributed by atoms with Crippen LogP contribution >= 0.6 is 23.2 Å². The molecular formula is C12H17Cl2N3O2S. The summed E-state index contributed by atoms with van der Waals surface area (Å²) in [4.78, 5) is 0. The van der Waals surface area contributed by atoms with E-state index in [0.717, 1.165) is 36.9 Å². The third kappa shape index (κ3) is 2.58. The molecule has 2 aliphatic rings. The SMILES string of the molecule is Cn1nc2c(c1S(=O)(=O)NC1CC(Cl)(Cl)C1)CCCC2. The summed E-state index contributed by atoms with van der Waals surface area (Å²) in [5, 5.41) is 4.64. The van der Waals surface area contributed by atoms with Crippen LogP contribution in [0.15, 0.2) is 5.03 Å². The number of fused-ring (bicyclic) bond motifs is 1. The molecule has 0 unspecified atom stereocenters. The van der Waals surface area contributed by atoms with Gasteiger partial charge in [0.25, 0.3) is 10.0 Å². The molecule has 5 nitrogen and oxygen atoms in total. The number of rotatable bonds is 3. The summed E-state index contributed by atoms with van der Waals surface area (Å²) in [5.41, 5.74) is 1.78. The van der Waals surface area contributed by atoms with E-state index in [-0.39, 0.29) is 6.04 Å². The molecule has 1 aromatic heterocycles. The van der Waals surface area contributed by atoms with E-state index < -0.39 is 14.4 Å². The second-order valence-electron chi connectivity index (χ2n) is 5.64. The Kier molecular flexibility index (Phi) is 3.56. The molecular weight excluding hydrogens is 321 g/mol. The van der Waals surface area contributed by atoms with Crippen molar-refractivity contribution in [1.82, 2.24) is 14.5 Å². The number of halogens is 2. The maximum Gasteiger partial charge on any atom is 0.258 e.